The smallest absolute Gasteiger partial charge is 0.274 e. The first-order valence-electron chi connectivity index (χ1n) is 11.1. The Hall–Kier alpha value is -2.45. The van der Waals surface area contributed by atoms with E-state index in [2.05, 4.69) is 9.88 Å². The van der Waals surface area contributed by atoms with Crippen molar-refractivity contribution in [2.45, 2.75) is 32.4 Å². The molecule has 0 bridgehead atoms. The van der Waals surface area contributed by atoms with Gasteiger partial charge >= 0.3 is 0 Å². The van der Waals surface area contributed by atoms with Crippen molar-refractivity contribution in [3.05, 3.63) is 40.4 Å². The summed E-state index contributed by atoms with van der Waals surface area (Å²) in [5.41, 5.74) is 1.21. The minimum absolute atomic E-state index is 0.140. The SMILES string of the molecule is CN1CCn2c(-c3ccc(Cl)cc3F)nc(C(=O)N3CCC4(CCN(C)C4=O)CC3)c2C1. The van der Waals surface area contributed by atoms with Crippen LogP contribution in [0.3, 0.4) is 0 Å². The quantitative estimate of drug-likeness (QED) is 0.693. The zero-order valence-corrected chi connectivity index (χ0v) is 19.2. The minimum Gasteiger partial charge on any atom is -0.345 e. The molecule has 5 rings (SSSR count). The van der Waals surface area contributed by atoms with Crippen LogP contribution in [0.4, 0.5) is 4.39 Å². The number of piperidine rings is 1. The fourth-order valence-electron chi connectivity index (χ4n) is 5.29. The summed E-state index contributed by atoms with van der Waals surface area (Å²) in [4.78, 5) is 36.6. The number of carbonyl (C=O) groups is 2. The third-order valence-corrected chi connectivity index (χ3v) is 7.54. The molecule has 1 aromatic heterocycles. The summed E-state index contributed by atoms with van der Waals surface area (Å²) in [6.45, 7) is 3.85. The molecule has 2 saturated heterocycles. The molecule has 4 heterocycles. The zero-order valence-electron chi connectivity index (χ0n) is 18.4. The molecule has 0 atom stereocenters. The number of aromatic nitrogens is 2. The maximum absolute atomic E-state index is 14.7. The highest BCUT2D eigenvalue weighted by atomic mass is 35.5. The number of carbonyl (C=O) groups excluding carboxylic acids is 2. The topological polar surface area (TPSA) is 61.7 Å². The van der Waals surface area contributed by atoms with Gasteiger partial charge in [0.2, 0.25) is 5.91 Å². The van der Waals surface area contributed by atoms with Crippen LogP contribution in [0.2, 0.25) is 5.02 Å². The molecule has 1 aromatic carbocycles. The second-order valence-corrected chi connectivity index (χ2v) is 9.73. The van der Waals surface area contributed by atoms with E-state index in [4.69, 9.17) is 11.6 Å². The number of benzene rings is 1. The summed E-state index contributed by atoms with van der Waals surface area (Å²) >= 11 is 5.93. The molecule has 170 valence electrons. The van der Waals surface area contributed by atoms with E-state index in [1.807, 2.05) is 18.7 Å². The van der Waals surface area contributed by atoms with E-state index in [-0.39, 0.29) is 17.2 Å². The van der Waals surface area contributed by atoms with Gasteiger partial charge in [0.05, 0.1) is 16.7 Å². The number of amides is 2. The molecular weight excluding hydrogens is 433 g/mol. The van der Waals surface area contributed by atoms with Crippen LogP contribution in [-0.4, -0.2) is 76.3 Å². The molecule has 0 unspecified atom stereocenters. The molecule has 0 aliphatic carbocycles. The number of imidazole rings is 1. The van der Waals surface area contributed by atoms with Crippen LogP contribution in [0.25, 0.3) is 11.4 Å². The third kappa shape index (κ3) is 3.40. The van der Waals surface area contributed by atoms with Gasteiger partial charge in [-0.25, -0.2) is 9.37 Å². The number of fused-ring (bicyclic) bond motifs is 1. The molecule has 32 heavy (non-hydrogen) atoms. The number of hydrogen-bond donors (Lipinski definition) is 0. The molecule has 0 saturated carbocycles. The molecule has 2 fully saturated rings. The number of likely N-dealkylation sites (N-methyl/N-ethyl adjacent to an activating group) is 1. The number of nitrogens with zero attached hydrogens (tertiary/aromatic N) is 5. The zero-order chi connectivity index (χ0) is 22.6. The predicted molar refractivity (Wildman–Crippen MR) is 119 cm³/mol. The van der Waals surface area contributed by atoms with Crippen LogP contribution < -0.4 is 0 Å². The van der Waals surface area contributed by atoms with E-state index >= 15 is 0 Å². The van der Waals surface area contributed by atoms with E-state index in [1.54, 1.807) is 21.9 Å². The third-order valence-electron chi connectivity index (χ3n) is 7.31. The van der Waals surface area contributed by atoms with Crippen molar-refractivity contribution < 1.29 is 14.0 Å². The van der Waals surface area contributed by atoms with Crippen molar-refractivity contribution in [3.8, 4) is 11.4 Å². The van der Waals surface area contributed by atoms with Crippen molar-refractivity contribution in [2.24, 2.45) is 5.41 Å². The minimum atomic E-state index is -0.452. The van der Waals surface area contributed by atoms with Crippen LogP contribution in [0.15, 0.2) is 18.2 Å². The van der Waals surface area contributed by atoms with E-state index in [0.29, 0.717) is 61.1 Å². The number of likely N-dealkylation sites (tertiary alicyclic amines) is 2. The highest BCUT2D eigenvalue weighted by Crippen LogP contribution is 2.41. The first-order valence-corrected chi connectivity index (χ1v) is 11.4. The molecule has 3 aliphatic rings. The maximum Gasteiger partial charge on any atom is 0.274 e. The van der Waals surface area contributed by atoms with Gasteiger partial charge in [-0.15, -0.1) is 0 Å². The maximum atomic E-state index is 14.7. The van der Waals surface area contributed by atoms with Crippen molar-refractivity contribution in [2.75, 3.05) is 40.3 Å². The first kappa shape index (κ1) is 21.4. The van der Waals surface area contributed by atoms with Crippen molar-refractivity contribution in [1.29, 1.82) is 0 Å². The second kappa shape index (κ2) is 7.85. The summed E-state index contributed by atoms with van der Waals surface area (Å²) in [5.74, 6) is 0.0723. The molecule has 2 aromatic rings. The lowest BCUT2D eigenvalue weighted by Crippen LogP contribution is -2.46. The van der Waals surface area contributed by atoms with Gasteiger partial charge in [-0.2, -0.15) is 0 Å². The van der Waals surface area contributed by atoms with Gasteiger partial charge in [-0.1, -0.05) is 11.6 Å². The Bertz CT molecular complexity index is 1090. The number of halogens is 2. The van der Waals surface area contributed by atoms with Crippen LogP contribution in [0.5, 0.6) is 0 Å². The van der Waals surface area contributed by atoms with Crippen molar-refractivity contribution in [3.63, 3.8) is 0 Å². The van der Waals surface area contributed by atoms with E-state index in [0.717, 1.165) is 25.2 Å². The Morgan fingerprint density at radius 2 is 1.81 bits per heavy atom. The Labute approximate surface area is 191 Å². The van der Waals surface area contributed by atoms with Gasteiger partial charge < -0.3 is 14.4 Å². The summed E-state index contributed by atoms with van der Waals surface area (Å²) in [5, 5.41) is 0.321. The Morgan fingerprint density at radius 3 is 2.47 bits per heavy atom. The molecule has 7 nitrogen and oxygen atoms in total. The van der Waals surface area contributed by atoms with Crippen molar-refractivity contribution >= 4 is 23.4 Å². The van der Waals surface area contributed by atoms with Crippen LogP contribution in [-0.2, 0) is 17.9 Å². The van der Waals surface area contributed by atoms with Gasteiger partial charge in [0.1, 0.15) is 11.6 Å². The van der Waals surface area contributed by atoms with Crippen LogP contribution in [0.1, 0.15) is 35.4 Å². The Kier molecular flexibility index (Phi) is 5.25. The standard InChI is InChI=1S/C23H27ClFN5O2/c1-27-11-12-30-18(14-27)19(26-20(30)16-4-3-15(24)13-17(16)25)21(31)29-9-6-23(7-10-29)5-8-28(2)22(23)32/h3-4,13H,5-12,14H2,1-2H3. The molecule has 0 N–H and O–H groups in total. The first-order chi connectivity index (χ1) is 15.3. The van der Waals surface area contributed by atoms with E-state index in [9.17, 15) is 14.0 Å². The van der Waals surface area contributed by atoms with Gasteiger partial charge in [0.25, 0.3) is 5.91 Å². The summed E-state index contributed by atoms with van der Waals surface area (Å²) in [6, 6.07) is 4.53. The summed E-state index contributed by atoms with van der Waals surface area (Å²) < 4.78 is 16.7. The monoisotopic (exact) mass is 459 g/mol. The molecule has 0 radical (unpaired) electrons. The molecule has 2 amide bonds. The van der Waals surface area contributed by atoms with Crippen molar-refractivity contribution in [1.82, 2.24) is 24.3 Å². The van der Waals surface area contributed by atoms with E-state index in [1.165, 1.54) is 6.07 Å². The predicted octanol–water partition coefficient (Wildman–Crippen LogP) is 2.87. The lowest BCUT2D eigenvalue weighted by molar-refractivity contribution is -0.137. The molecule has 9 heteroatoms. The Morgan fingerprint density at radius 1 is 1.09 bits per heavy atom. The second-order valence-electron chi connectivity index (χ2n) is 9.29. The average Bonchev–Trinajstić information content (AvgIpc) is 3.27. The number of rotatable bonds is 2. The fourth-order valence-corrected chi connectivity index (χ4v) is 5.45. The molecule has 3 aliphatic heterocycles. The van der Waals surface area contributed by atoms with Gasteiger partial charge in [0, 0.05) is 51.3 Å². The average molecular weight is 460 g/mol. The number of hydrogen-bond acceptors (Lipinski definition) is 4. The lowest BCUT2D eigenvalue weighted by atomic mass is 9.77. The summed E-state index contributed by atoms with van der Waals surface area (Å²) in [7, 11) is 3.85. The van der Waals surface area contributed by atoms with Crippen LogP contribution >= 0.6 is 11.6 Å². The van der Waals surface area contributed by atoms with Gasteiger partial charge in [-0.3, -0.25) is 14.5 Å². The van der Waals surface area contributed by atoms with Crippen LogP contribution in [0, 0.1) is 11.2 Å². The normalized spacial score (nSPS) is 20.8. The summed E-state index contributed by atoms with van der Waals surface area (Å²) in [6.07, 6.45) is 2.21. The highest BCUT2D eigenvalue weighted by Gasteiger charge is 2.47. The highest BCUT2D eigenvalue weighted by molar-refractivity contribution is 6.30. The largest absolute Gasteiger partial charge is 0.345 e. The Balaban J connectivity index is 1.45. The fraction of sp³-hybridized carbons (Fsp3) is 0.522. The molecular formula is C23H27ClFN5O2. The molecule has 1 spiro atoms. The van der Waals surface area contributed by atoms with Gasteiger partial charge in [-0.05, 0) is 44.5 Å². The van der Waals surface area contributed by atoms with Gasteiger partial charge in [0.15, 0.2) is 5.69 Å². The lowest BCUT2D eigenvalue weighted by Gasteiger charge is -2.37. The van der Waals surface area contributed by atoms with E-state index < -0.39 is 5.82 Å².